The molecule has 16 heteroatoms. The predicted octanol–water partition coefficient (Wildman–Crippen LogP) is 1.88. The van der Waals surface area contributed by atoms with Gasteiger partial charge in [-0.2, -0.15) is 4.98 Å². The molecule has 0 bridgehead atoms. The zero-order chi connectivity index (χ0) is 38.2. The van der Waals surface area contributed by atoms with Gasteiger partial charge in [-0.05, 0) is 49.3 Å². The number of aromatic amines is 1. The second-order valence-electron chi connectivity index (χ2n) is 13.2. The van der Waals surface area contributed by atoms with Crippen molar-refractivity contribution in [1.82, 2.24) is 36.4 Å². The molecule has 0 radical (unpaired) electrons. The number of carbonyl (C=O) groups is 5. The molecule has 0 aliphatic heterocycles. The summed E-state index contributed by atoms with van der Waals surface area (Å²) < 4.78 is 0. The Hall–Kier alpha value is -6.06. The summed E-state index contributed by atoms with van der Waals surface area (Å²) in [7, 11) is 0. The molecule has 0 unspecified atom stereocenters. The van der Waals surface area contributed by atoms with E-state index in [0.29, 0.717) is 18.4 Å². The number of amides is 5. The van der Waals surface area contributed by atoms with Crippen molar-refractivity contribution in [3.05, 3.63) is 83.2 Å². The molecular weight excluding hydrogens is 678 g/mol. The third-order valence-electron chi connectivity index (χ3n) is 8.94. The maximum absolute atomic E-state index is 13.9. The Morgan fingerprint density at radius 3 is 2.19 bits per heavy atom. The number of hydrogen-bond donors (Lipinski definition) is 9. The number of nitrogens with zero attached hydrogens (tertiary/aromatic N) is 2. The van der Waals surface area contributed by atoms with Crippen molar-refractivity contribution >= 4 is 47.5 Å². The Labute approximate surface area is 308 Å². The van der Waals surface area contributed by atoms with Crippen LogP contribution in [-0.2, 0) is 25.6 Å². The van der Waals surface area contributed by atoms with Crippen LogP contribution in [0.1, 0.15) is 80.0 Å². The lowest BCUT2D eigenvalue weighted by Gasteiger charge is -2.28. The molecule has 1 heterocycles. The van der Waals surface area contributed by atoms with Gasteiger partial charge in [0.05, 0.1) is 0 Å². The minimum atomic E-state index is -1.11. The highest BCUT2D eigenvalue weighted by atomic mass is 16.2. The normalized spacial score (nSPS) is 14.9. The van der Waals surface area contributed by atoms with E-state index in [1.807, 2.05) is 60.7 Å². The minimum Gasteiger partial charge on any atom is -0.370 e. The minimum absolute atomic E-state index is 0.0512. The van der Waals surface area contributed by atoms with Crippen LogP contribution in [0.15, 0.2) is 66.2 Å². The van der Waals surface area contributed by atoms with E-state index in [4.69, 9.17) is 16.9 Å². The number of nitrogens with two attached hydrogens (primary N) is 2. The number of hydrogen-bond acceptors (Lipinski definition) is 8. The lowest BCUT2D eigenvalue weighted by atomic mass is 9.84. The maximum atomic E-state index is 13.9. The van der Waals surface area contributed by atoms with Gasteiger partial charge in [0.15, 0.2) is 5.96 Å². The van der Waals surface area contributed by atoms with E-state index >= 15 is 0 Å². The van der Waals surface area contributed by atoms with Crippen LogP contribution in [0.5, 0.6) is 0 Å². The van der Waals surface area contributed by atoms with E-state index in [9.17, 15) is 24.0 Å². The van der Waals surface area contributed by atoms with Crippen LogP contribution >= 0.6 is 0 Å². The zero-order valence-corrected chi connectivity index (χ0v) is 29.8. The molecule has 53 heavy (non-hydrogen) atoms. The Kier molecular flexibility index (Phi) is 15.1. The van der Waals surface area contributed by atoms with E-state index in [2.05, 4.69) is 41.8 Å². The van der Waals surface area contributed by atoms with Crippen molar-refractivity contribution in [2.24, 2.45) is 17.4 Å². The summed E-state index contributed by atoms with van der Waals surface area (Å²) in [5.74, 6) is -3.60. The first-order valence-electron chi connectivity index (χ1n) is 17.8. The number of guanidine groups is 1. The Bertz CT molecular complexity index is 1740. The van der Waals surface area contributed by atoms with E-state index in [1.165, 1.54) is 0 Å². The summed E-state index contributed by atoms with van der Waals surface area (Å²) in [6, 6.07) is 15.2. The highest BCUT2D eigenvalue weighted by Crippen LogP contribution is 2.27. The van der Waals surface area contributed by atoms with Crippen molar-refractivity contribution in [2.45, 2.75) is 82.8 Å². The zero-order valence-electron chi connectivity index (χ0n) is 29.8. The number of aromatic nitrogens is 3. The molecule has 3 atom stereocenters. The third kappa shape index (κ3) is 13.2. The number of carbonyl (C=O) groups excluding carboxylic acids is 5. The first-order valence-corrected chi connectivity index (χ1v) is 17.8. The fourth-order valence-electron chi connectivity index (χ4n) is 6.12. The second-order valence-corrected chi connectivity index (χ2v) is 13.2. The van der Waals surface area contributed by atoms with Crippen molar-refractivity contribution in [3.8, 4) is 0 Å². The molecule has 2 aromatic carbocycles. The number of benzene rings is 2. The summed E-state index contributed by atoms with van der Waals surface area (Å²) in [4.78, 5) is 70.3. The molecular formula is C37H49N11O5. The molecule has 16 nitrogen and oxygen atoms in total. The van der Waals surface area contributed by atoms with E-state index in [-0.39, 0.29) is 43.0 Å². The fourth-order valence-corrected chi connectivity index (χ4v) is 6.12. The van der Waals surface area contributed by atoms with Crippen LogP contribution in [0.2, 0.25) is 0 Å². The number of anilines is 1. The molecule has 5 amide bonds. The van der Waals surface area contributed by atoms with Gasteiger partial charge in [0.1, 0.15) is 18.1 Å². The van der Waals surface area contributed by atoms with E-state index in [1.54, 1.807) is 13.0 Å². The fraction of sp³-hybridized carbons (Fsp3) is 0.405. The van der Waals surface area contributed by atoms with Gasteiger partial charge in [0, 0.05) is 18.5 Å². The van der Waals surface area contributed by atoms with Crippen molar-refractivity contribution in [1.29, 1.82) is 5.41 Å². The van der Waals surface area contributed by atoms with Gasteiger partial charge in [-0.15, -0.1) is 5.10 Å². The summed E-state index contributed by atoms with van der Waals surface area (Å²) in [5, 5.41) is 27.4. The Morgan fingerprint density at radius 1 is 0.887 bits per heavy atom. The lowest BCUT2D eigenvalue weighted by Crippen LogP contribution is -2.57. The molecule has 11 N–H and O–H groups in total. The van der Waals surface area contributed by atoms with Crippen LogP contribution < -0.4 is 38.1 Å². The Morgan fingerprint density at radius 2 is 1.53 bits per heavy atom. The van der Waals surface area contributed by atoms with Crippen LogP contribution in [0.3, 0.4) is 0 Å². The van der Waals surface area contributed by atoms with Crippen molar-refractivity contribution < 1.29 is 24.0 Å². The topological polar surface area (TPSA) is 263 Å². The lowest BCUT2D eigenvalue weighted by molar-refractivity contribution is -0.132. The van der Waals surface area contributed by atoms with Crippen LogP contribution in [0.4, 0.5) is 5.95 Å². The third-order valence-corrected chi connectivity index (χ3v) is 8.94. The summed E-state index contributed by atoms with van der Waals surface area (Å²) in [6.45, 7) is 1.90. The maximum Gasteiger partial charge on any atom is 0.291 e. The average molecular weight is 728 g/mol. The van der Waals surface area contributed by atoms with E-state index < -0.39 is 47.7 Å². The largest absolute Gasteiger partial charge is 0.370 e. The van der Waals surface area contributed by atoms with Crippen LogP contribution in [-0.4, -0.2) is 75.3 Å². The molecule has 0 spiro atoms. The summed E-state index contributed by atoms with van der Waals surface area (Å²) in [6.07, 6.45) is 7.48. The molecule has 1 aliphatic rings. The molecule has 1 aromatic heterocycles. The number of nitrogens with one attached hydrogen (secondary N) is 7. The summed E-state index contributed by atoms with van der Waals surface area (Å²) >= 11 is 0. The molecule has 1 saturated carbocycles. The highest BCUT2D eigenvalue weighted by Gasteiger charge is 2.32. The Balaban J connectivity index is 1.47. The number of H-pyrrole nitrogens is 1. The average Bonchev–Trinajstić information content (AvgIpc) is 3.62. The summed E-state index contributed by atoms with van der Waals surface area (Å²) in [5.41, 5.74) is 13.1. The van der Waals surface area contributed by atoms with Gasteiger partial charge in [-0.25, -0.2) is 5.10 Å². The smallest absolute Gasteiger partial charge is 0.291 e. The van der Waals surface area contributed by atoms with Crippen LogP contribution in [0, 0.1) is 11.3 Å². The quantitative estimate of drug-likeness (QED) is 0.0400. The van der Waals surface area contributed by atoms with Gasteiger partial charge in [-0.1, -0.05) is 92.8 Å². The molecule has 282 valence electrons. The molecule has 0 saturated heterocycles. The number of rotatable bonds is 18. The standard InChI is InChI=1S/C37H49N11O5/c1-23(20-24-12-5-2-6-13-24)32(50)46-37-45-31(47-48-37)35(53)44-29(22-26-16-9-4-10-17-26)34(52)42-27(18-11-19-41-36(39)40)33(51)43-28(30(38)49)21-25-14-7-3-8-15-25/h2-3,5-8,12-15,20,26-29H,4,9-11,16-19,21-22H2,1H3,(H2,38,49)(H,42,52)(H,43,51)(H,44,53)(H4,39,40,41)(H2,45,46,47,48,50)/b23-20+/t27-,28-,29-/m0/s1. The van der Waals surface area contributed by atoms with Gasteiger partial charge < -0.3 is 32.7 Å². The first-order chi connectivity index (χ1) is 25.5. The molecule has 4 rings (SSSR count). The van der Waals surface area contributed by atoms with E-state index in [0.717, 1.165) is 43.2 Å². The van der Waals surface area contributed by atoms with Crippen molar-refractivity contribution in [3.63, 3.8) is 0 Å². The van der Waals surface area contributed by atoms with Gasteiger partial charge in [0.25, 0.3) is 11.8 Å². The molecule has 3 aromatic rings. The molecule has 1 fully saturated rings. The highest BCUT2D eigenvalue weighted by molar-refractivity contribution is 6.05. The monoisotopic (exact) mass is 727 g/mol. The first kappa shape index (κ1) is 39.7. The SMILES string of the molecule is C/C(=C\c1ccccc1)C(=O)Nc1nc(C(=O)N[C@@H](CC2CCCCC2)C(=O)N[C@@H](CCCNC(=N)N)C(=O)N[C@@H](Cc2ccccc2)C(N)=O)n[nH]1. The van der Waals surface area contributed by atoms with Crippen molar-refractivity contribution in [2.75, 3.05) is 11.9 Å². The molecule has 1 aliphatic carbocycles. The number of primary amides is 1. The van der Waals surface area contributed by atoms with Gasteiger partial charge >= 0.3 is 0 Å². The van der Waals surface area contributed by atoms with Gasteiger partial charge in [-0.3, -0.25) is 34.7 Å². The second kappa shape index (κ2) is 20.1. The van der Waals surface area contributed by atoms with Gasteiger partial charge in [0.2, 0.25) is 29.5 Å². The predicted molar refractivity (Wildman–Crippen MR) is 200 cm³/mol. The van der Waals surface area contributed by atoms with Crippen LogP contribution in [0.25, 0.3) is 6.08 Å².